The molecule has 8 amide bonds. The second-order valence-electron chi connectivity index (χ2n) is 17.9. The molecule has 8 atom stereocenters. The van der Waals surface area contributed by atoms with Crippen molar-refractivity contribution < 1.29 is 57.4 Å². The van der Waals surface area contributed by atoms with E-state index in [9.17, 15) is 52.7 Å². The zero-order valence-corrected chi connectivity index (χ0v) is 42.8. The number of ether oxygens (including phenoxy) is 2. The largest absolute Gasteiger partial charge is 0.461 e. The van der Waals surface area contributed by atoms with Crippen LogP contribution in [0.3, 0.4) is 0 Å². The highest BCUT2D eigenvalue weighted by Crippen LogP contribution is 2.24. The Bertz CT molecular complexity index is 2930. The highest BCUT2D eigenvalue weighted by Gasteiger charge is 2.37. The van der Waals surface area contributed by atoms with Gasteiger partial charge in [-0.2, -0.15) is 4.98 Å². The number of hydrogen-bond donors (Lipinski definition) is 11. The van der Waals surface area contributed by atoms with Crippen LogP contribution in [0, 0.1) is 11.8 Å². The smallest absolute Gasteiger partial charge is 0.328 e. The lowest BCUT2D eigenvalue weighted by atomic mass is 10.0. The molecule has 0 saturated carbocycles. The number of nitrogens with zero attached hydrogens (tertiary/aromatic N) is 7. The first-order valence-corrected chi connectivity index (χ1v) is 25.6. The number of rotatable bonds is 8. The lowest BCUT2D eigenvalue weighted by Gasteiger charge is -2.28. The summed E-state index contributed by atoms with van der Waals surface area (Å²) in [7, 11) is 1.96. The molecule has 2 saturated heterocycles. The molecule has 0 spiro atoms. The Balaban J connectivity index is 1.29. The van der Waals surface area contributed by atoms with E-state index in [1.807, 2.05) is 0 Å². The van der Waals surface area contributed by atoms with Gasteiger partial charge < -0.3 is 72.6 Å². The zero-order chi connectivity index (χ0) is 54.8. The number of aromatic nitrogens is 8. The highest BCUT2D eigenvalue weighted by atomic mass is 33.1. The van der Waals surface area contributed by atoms with Gasteiger partial charge in [0.05, 0.1) is 12.7 Å². The van der Waals surface area contributed by atoms with Gasteiger partial charge in [0, 0.05) is 11.5 Å². The Morgan fingerprint density at radius 2 is 1.08 bits per heavy atom. The van der Waals surface area contributed by atoms with Crippen LogP contribution in [0.5, 0.6) is 0 Å². The Hall–Kier alpha value is -8.10. The van der Waals surface area contributed by atoms with Crippen molar-refractivity contribution in [1.29, 1.82) is 0 Å². The molecule has 31 nitrogen and oxygen atoms in total. The third-order valence-corrected chi connectivity index (χ3v) is 13.8. The summed E-state index contributed by atoms with van der Waals surface area (Å²) in [6.45, 7) is 6.13. The second kappa shape index (κ2) is 24.8. The molecule has 0 radical (unpaired) electrons. The van der Waals surface area contributed by atoms with Crippen LogP contribution in [-0.2, 0) is 70.5 Å². The Morgan fingerprint density at radius 3 is 1.55 bits per heavy atom. The number of aromatic amines is 1. The van der Waals surface area contributed by atoms with E-state index in [1.54, 1.807) is 27.7 Å². The number of nitrogen functional groups attached to an aromatic ring is 2. The number of carbonyl (C=O) groups excluding carboxylic acids is 10. The minimum Gasteiger partial charge on any atom is -0.461 e. The molecular weight excluding hydrogens is 1030 g/mol. The number of nitrogens with one attached hydrogen (secondary N) is 9. The maximum atomic E-state index is 14.1. The molecule has 4 aromatic heterocycles. The summed E-state index contributed by atoms with van der Waals surface area (Å²) >= 11 is 0. The van der Waals surface area contributed by atoms with Gasteiger partial charge in [-0.25, -0.2) is 29.5 Å². The topological polar surface area (TPSA) is 445 Å². The standard InChI is InChI=1S/C42H56N18O13S2/c1-16(2)26-40(70)72-9-20(51-24(61)7-59-14-47-28-30(43)45-13-46-31(28)59)35(65)49-18(5)33(63)53-22-11-74-75-12-23(37(67)55-26)54-34(64)19(6)50-36(66)21(10-73-41(71)27(17(3)4)56-38(22)68)52-25(62)8-60-15-48-29-32(60)57-42(44)58-39(29)69/h13-23,26-27H,7-12H2,1-6H3,(H,49,65)(H,50,66)(H,51,61)(H,52,62)(H,53,63)(H,54,64)(H,55,67)(H,56,68)(H2,43,45,46)(H3,44,57,58,69)/t18-,19-,20+,21+,22-,23-,26-,27-/m0/s1. The molecular formula is C42H56N18O13S2. The number of nitrogens with two attached hydrogens (primary N) is 2. The van der Waals surface area contributed by atoms with Gasteiger partial charge in [0.15, 0.2) is 22.6 Å². The highest BCUT2D eigenvalue weighted by molar-refractivity contribution is 8.76. The third kappa shape index (κ3) is 14.4. The van der Waals surface area contributed by atoms with Crippen LogP contribution in [0.1, 0.15) is 41.5 Å². The van der Waals surface area contributed by atoms with Crippen molar-refractivity contribution in [3.63, 3.8) is 0 Å². The fraction of sp³-hybridized carbons (Fsp3) is 0.524. The molecule has 6 heterocycles. The quantitative estimate of drug-likeness (QED) is 0.0580. The molecule has 13 N–H and O–H groups in total. The van der Waals surface area contributed by atoms with Crippen LogP contribution in [0.25, 0.3) is 22.3 Å². The second-order valence-corrected chi connectivity index (χ2v) is 20.5. The summed E-state index contributed by atoms with van der Waals surface area (Å²) in [6, 6.07) is -12.0. The fourth-order valence-electron chi connectivity index (χ4n) is 7.22. The van der Waals surface area contributed by atoms with Crippen LogP contribution >= 0.6 is 21.6 Å². The molecule has 0 unspecified atom stereocenters. The van der Waals surface area contributed by atoms with Crippen LogP contribution in [0.2, 0.25) is 0 Å². The predicted molar refractivity (Wildman–Crippen MR) is 266 cm³/mol. The van der Waals surface area contributed by atoms with Crippen molar-refractivity contribution in [3.8, 4) is 0 Å². The first kappa shape index (κ1) is 56.2. The van der Waals surface area contributed by atoms with Gasteiger partial charge in [-0.3, -0.25) is 48.1 Å². The number of imidazole rings is 2. The number of hydrogen-bond acceptors (Lipinski definition) is 22. The maximum absolute atomic E-state index is 14.1. The van der Waals surface area contributed by atoms with Crippen LogP contribution in [0.15, 0.2) is 23.8 Å². The lowest BCUT2D eigenvalue weighted by Crippen LogP contribution is -2.60. The van der Waals surface area contributed by atoms with Gasteiger partial charge in [0.2, 0.25) is 53.2 Å². The van der Waals surface area contributed by atoms with E-state index in [1.165, 1.54) is 29.3 Å². The molecule has 75 heavy (non-hydrogen) atoms. The van der Waals surface area contributed by atoms with Crippen LogP contribution in [-0.4, -0.2) is 171 Å². The number of esters is 2. The Morgan fingerprint density at radius 1 is 0.627 bits per heavy atom. The summed E-state index contributed by atoms with van der Waals surface area (Å²) in [4.78, 5) is 173. The van der Waals surface area contributed by atoms with Crippen LogP contribution in [0.4, 0.5) is 11.8 Å². The summed E-state index contributed by atoms with van der Waals surface area (Å²) in [5.41, 5.74) is 11.1. The molecule has 2 aliphatic rings. The van der Waals surface area contributed by atoms with E-state index in [4.69, 9.17) is 20.9 Å². The SMILES string of the molecule is CC(C)[C@@H]1NC(=O)[C@@H]2CSSC[C@H](NC(=O)[C@H](C)NC(=O)[C@H](NC(=O)Cn3cnc4c(=O)[nH]c(N)nc43)COC1=O)C(=O)N[C@@H](C(C)C)C(=O)OC[C@@H](NC(=O)Cn1cnc3c(N)ncnc31)C(=O)N[C@@H](C)C(=O)N2. The average molecular weight is 1090 g/mol. The molecule has 4 aromatic rings. The normalized spacial score (nSPS) is 24.4. The van der Waals surface area contributed by atoms with E-state index < -0.39 is 151 Å². The third-order valence-electron chi connectivity index (χ3n) is 11.4. The summed E-state index contributed by atoms with van der Waals surface area (Å²) in [6.07, 6.45) is 3.57. The van der Waals surface area contributed by atoms with Gasteiger partial charge in [-0.05, 0) is 25.7 Å². The molecule has 2 aliphatic heterocycles. The van der Waals surface area contributed by atoms with Crippen molar-refractivity contribution in [2.45, 2.75) is 103 Å². The number of cyclic esters (lactones) is 2. The first-order chi connectivity index (χ1) is 35.5. The number of anilines is 2. The minimum atomic E-state index is -1.71. The fourth-order valence-corrected chi connectivity index (χ4v) is 9.55. The van der Waals surface area contributed by atoms with E-state index in [2.05, 4.69) is 72.4 Å². The summed E-state index contributed by atoms with van der Waals surface area (Å²) in [5.74, 6) is -11.5. The molecule has 2 fully saturated rings. The Labute approximate surface area is 432 Å². The summed E-state index contributed by atoms with van der Waals surface area (Å²) in [5, 5.41) is 20.0. The number of carbonyl (C=O) groups is 10. The van der Waals surface area contributed by atoms with Crippen molar-refractivity contribution >= 4 is 115 Å². The monoisotopic (exact) mass is 1080 g/mol. The molecule has 0 aliphatic carbocycles. The lowest BCUT2D eigenvalue weighted by molar-refractivity contribution is -0.152. The number of H-pyrrole nitrogens is 1. The summed E-state index contributed by atoms with van der Waals surface area (Å²) < 4.78 is 13.5. The van der Waals surface area contributed by atoms with Gasteiger partial charge in [-0.15, -0.1) is 0 Å². The molecule has 0 aromatic carbocycles. The maximum Gasteiger partial charge on any atom is 0.328 e. The van der Waals surface area contributed by atoms with E-state index in [0.717, 1.165) is 34.2 Å². The number of amides is 8. The first-order valence-electron chi connectivity index (χ1n) is 23.1. The van der Waals surface area contributed by atoms with E-state index in [0.29, 0.717) is 0 Å². The number of fused-ring (bicyclic) bond motifs is 7. The Kier molecular flexibility index (Phi) is 18.5. The van der Waals surface area contributed by atoms with Crippen molar-refractivity contribution in [3.05, 3.63) is 29.3 Å². The van der Waals surface area contributed by atoms with E-state index in [-0.39, 0.29) is 45.6 Å². The van der Waals surface area contributed by atoms with Gasteiger partial charge in [0.1, 0.15) is 86.5 Å². The average Bonchev–Trinajstić information content (AvgIpc) is 3.95. The molecule has 6 rings (SSSR count). The predicted octanol–water partition coefficient (Wildman–Crippen LogP) is -5.15. The minimum absolute atomic E-state index is 0.0485. The van der Waals surface area contributed by atoms with Crippen molar-refractivity contribution in [2.24, 2.45) is 11.8 Å². The van der Waals surface area contributed by atoms with Crippen molar-refractivity contribution in [2.75, 3.05) is 36.2 Å². The van der Waals surface area contributed by atoms with Gasteiger partial charge in [-0.1, -0.05) is 49.3 Å². The van der Waals surface area contributed by atoms with E-state index >= 15 is 0 Å². The molecule has 33 heteroatoms. The molecule has 2 bridgehead atoms. The zero-order valence-electron chi connectivity index (χ0n) is 41.2. The van der Waals surface area contributed by atoms with Gasteiger partial charge in [0.25, 0.3) is 5.56 Å². The van der Waals surface area contributed by atoms with Crippen LogP contribution < -0.4 is 59.6 Å². The van der Waals surface area contributed by atoms with Crippen molar-refractivity contribution in [1.82, 2.24) is 81.6 Å². The van der Waals surface area contributed by atoms with Gasteiger partial charge >= 0.3 is 11.9 Å². The molecule has 404 valence electrons.